The lowest BCUT2D eigenvalue weighted by Gasteiger charge is -2.20. The lowest BCUT2D eigenvalue weighted by molar-refractivity contribution is -0.142. The Morgan fingerprint density at radius 2 is 1.58 bits per heavy atom. The van der Waals surface area contributed by atoms with Crippen LogP contribution in [0.25, 0.3) is 33.4 Å². The van der Waals surface area contributed by atoms with Crippen LogP contribution >= 0.6 is 0 Å². The minimum atomic E-state index is -5.18. The van der Waals surface area contributed by atoms with Crippen LogP contribution in [0.2, 0.25) is 0 Å². The molecule has 18 heteroatoms. The van der Waals surface area contributed by atoms with E-state index >= 15 is 0 Å². The molecule has 1 aliphatic carbocycles. The van der Waals surface area contributed by atoms with E-state index in [1.54, 1.807) is 0 Å². The summed E-state index contributed by atoms with van der Waals surface area (Å²) < 4.78 is 79.3. The Morgan fingerprint density at radius 3 is 2.19 bits per heavy atom. The SMILES string of the molecule is N=c1ccc2c(-c3ccc(C(=O)NCCOCC(=O)O)cc3C(=O)O)c3ccc(N)c(S(=O)(=O)O)c3oc-2c1S(=O)(=O)O. The summed E-state index contributed by atoms with van der Waals surface area (Å²) in [6.07, 6.45) is 0. The summed E-state index contributed by atoms with van der Waals surface area (Å²) in [4.78, 5) is 33.5. The van der Waals surface area contributed by atoms with Gasteiger partial charge in [0, 0.05) is 28.6 Å². The number of nitrogen functional groups attached to an aromatic ring is 1. The highest BCUT2D eigenvalue weighted by molar-refractivity contribution is 7.86. The molecule has 0 saturated carbocycles. The molecule has 0 fully saturated rings. The first-order chi connectivity index (χ1) is 20.0. The van der Waals surface area contributed by atoms with E-state index in [2.05, 4.69) is 5.32 Å². The molecule has 0 radical (unpaired) electrons. The van der Waals surface area contributed by atoms with Crippen molar-refractivity contribution in [1.29, 1.82) is 5.41 Å². The number of anilines is 1. The second kappa shape index (κ2) is 11.4. The zero-order valence-corrected chi connectivity index (χ0v) is 23.2. The summed E-state index contributed by atoms with van der Waals surface area (Å²) in [5, 5.41) is 28.2. The van der Waals surface area contributed by atoms with E-state index in [9.17, 15) is 45.4 Å². The summed E-state index contributed by atoms with van der Waals surface area (Å²) in [6.45, 7) is -0.856. The Morgan fingerprint density at radius 1 is 0.930 bits per heavy atom. The van der Waals surface area contributed by atoms with Gasteiger partial charge in [-0.15, -0.1) is 0 Å². The number of fused-ring (bicyclic) bond motifs is 2. The van der Waals surface area contributed by atoms with E-state index in [1.807, 2.05) is 0 Å². The number of nitrogens with two attached hydrogens (primary N) is 1. The van der Waals surface area contributed by atoms with Crippen LogP contribution in [0.1, 0.15) is 20.7 Å². The summed E-state index contributed by atoms with van der Waals surface area (Å²) in [5.74, 6) is -4.27. The number of rotatable bonds is 10. The molecule has 4 rings (SSSR count). The van der Waals surface area contributed by atoms with E-state index < -0.39 is 82.4 Å². The van der Waals surface area contributed by atoms with Gasteiger partial charge in [-0.05, 0) is 42.0 Å². The third-order valence-corrected chi connectivity index (χ3v) is 7.91. The highest BCUT2D eigenvalue weighted by Gasteiger charge is 2.31. The molecule has 2 aliphatic rings. The van der Waals surface area contributed by atoms with Crippen molar-refractivity contribution in [2.24, 2.45) is 0 Å². The maximum atomic E-state index is 12.7. The number of carboxylic acids is 2. The van der Waals surface area contributed by atoms with E-state index in [1.165, 1.54) is 24.3 Å². The van der Waals surface area contributed by atoms with E-state index in [0.717, 1.165) is 18.2 Å². The molecule has 226 valence electrons. The fourth-order valence-electron chi connectivity index (χ4n) is 4.38. The van der Waals surface area contributed by atoms with Gasteiger partial charge in [0.25, 0.3) is 26.1 Å². The number of aliphatic carboxylic acids is 1. The number of benzene rings is 3. The number of carbonyl (C=O) groups excluding carboxylic acids is 1. The van der Waals surface area contributed by atoms with Gasteiger partial charge < -0.3 is 30.4 Å². The smallest absolute Gasteiger partial charge is 0.336 e. The number of aromatic carboxylic acids is 1. The summed E-state index contributed by atoms with van der Waals surface area (Å²) >= 11 is 0. The van der Waals surface area contributed by atoms with Crippen LogP contribution in [0, 0.1) is 5.41 Å². The zero-order chi connectivity index (χ0) is 31.9. The topological polar surface area (TPSA) is 285 Å². The van der Waals surface area contributed by atoms with Crippen LogP contribution in [0.5, 0.6) is 0 Å². The normalized spacial score (nSPS) is 12.0. The van der Waals surface area contributed by atoms with Crippen molar-refractivity contribution in [2.45, 2.75) is 9.79 Å². The molecular formula is C25H21N3O13S2. The Labute approximate surface area is 241 Å². The van der Waals surface area contributed by atoms with Crippen molar-refractivity contribution in [2.75, 3.05) is 25.5 Å². The third-order valence-electron chi connectivity index (χ3n) is 6.05. The summed E-state index contributed by atoms with van der Waals surface area (Å²) in [7, 11) is -10.3. The van der Waals surface area contributed by atoms with Gasteiger partial charge in [-0.1, -0.05) is 6.07 Å². The highest BCUT2D eigenvalue weighted by Crippen LogP contribution is 2.45. The molecule has 1 heterocycles. The first-order valence-corrected chi connectivity index (χ1v) is 14.7. The fourth-order valence-corrected chi connectivity index (χ4v) is 5.86. The number of carboxylic acid groups (broad SMARTS) is 2. The van der Waals surface area contributed by atoms with Crippen molar-refractivity contribution >= 4 is 54.7 Å². The summed E-state index contributed by atoms with van der Waals surface area (Å²) in [6, 6.07) is 7.83. The molecule has 0 atom stereocenters. The standard InChI is InChI=1S/C25H21N3O13S2/c26-16-5-3-13-19(12-2-1-11(9-15(12)25(32)33)24(31)28-7-8-40-10-18(29)30)14-4-6-17(27)23(43(37,38)39)21(14)41-20(13)22(16)42(34,35)36/h1-6,9,26H,7-8,10,27H2,(H,28,31)(H,29,30)(H,32,33)(H,34,35,36)(H,37,38,39). The van der Waals surface area contributed by atoms with Crippen LogP contribution in [0.4, 0.5) is 5.69 Å². The number of hydrogen-bond donors (Lipinski definition) is 7. The maximum absolute atomic E-state index is 12.7. The van der Waals surface area contributed by atoms with Gasteiger partial charge in [0.1, 0.15) is 6.61 Å². The van der Waals surface area contributed by atoms with Gasteiger partial charge in [0.05, 0.1) is 23.2 Å². The predicted molar refractivity (Wildman–Crippen MR) is 146 cm³/mol. The van der Waals surface area contributed by atoms with Gasteiger partial charge in [-0.2, -0.15) is 16.8 Å². The first-order valence-electron chi connectivity index (χ1n) is 11.8. The van der Waals surface area contributed by atoms with Gasteiger partial charge in [-0.25, -0.2) is 9.59 Å². The molecule has 0 saturated heterocycles. The minimum Gasteiger partial charge on any atom is -0.480 e. The van der Waals surface area contributed by atoms with Gasteiger partial charge in [0.15, 0.2) is 21.1 Å². The third kappa shape index (κ3) is 6.17. The molecule has 2 aromatic carbocycles. The molecule has 0 unspecified atom stereocenters. The van der Waals surface area contributed by atoms with Crippen molar-refractivity contribution in [3.05, 3.63) is 58.9 Å². The number of nitrogens with one attached hydrogen (secondary N) is 2. The Balaban J connectivity index is 2.02. The van der Waals surface area contributed by atoms with Crippen molar-refractivity contribution in [3.63, 3.8) is 0 Å². The Hall–Kier alpha value is -4.88. The van der Waals surface area contributed by atoms with E-state index in [0.29, 0.717) is 0 Å². The molecule has 0 bridgehead atoms. The lowest BCUT2D eigenvalue weighted by atomic mass is 9.89. The number of amides is 1. The second-order valence-corrected chi connectivity index (χ2v) is 11.6. The summed E-state index contributed by atoms with van der Waals surface area (Å²) in [5.41, 5.74) is 3.38. The lowest BCUT2D eigenvalue weighted by Crippen LogP contribution is -2.28. The van der Waals surface area contributed by atoms with E-state index in [4.69, 9.17) is 25.4 Å². The highest BCUT2D eigenvalue weighted by atomic mass is 32.2. The average Bonchev–Trinajstić information content (AvgIpc) is 2.89. The predicted octanol–water partition coefficient (Wildman–Crippen LogP) is 1.29. The number of ether oxygens (including phenoxy) is 1. The zero-order valence-electron chi connectivity index (χ0n) is 21.5. The fraction of sp³-hybridized carbons (Fsp3) is 0.120. The van der Waals surface area contributed by atoms with Gasteiger partial charge >= 0.3 is 11.9 Å². The molecule has 16 nitrogen and oxygen atoms in total. The largest absolute Gasteiger partial charge is 0.480 e. The number of hydrogen-bond acceptors (Lipinski definition) is 11. The van der Waals surface area contributed by atoms with Crippen LogP contribution < -0.4 is 16.4 Å². The van der Waals surface area contributed by atoms with Crippen molar-refractivity contribution < 1.29 is 59.7 Å². The van der Waals surface area contributed by atoms with Crippen LogP contribution in [-0.4, -0.2) is 73.8 Å². The monoisotopic (exact) mass is 635 g/mol. The van der Waals surface area contributed by atoms with Crippen molar-refractivity contribution in [1.82, 2.24) is 5.32 Å². The van der Waals surface area contributed by atoms with Gasteiger partial charge in [0.2, 0.25) is 0 Å². The van der Waals surface area contributed by atoms with E-state index in [-0.39, 0.29) is 40.8 Å². The molecule has 2 aromatic rings. The van der Waals surface area contributed by atoms with Crippen molar-refractivity contribution in [3.8, 4) is 22.5 Å². The molecule has 0 aromatic heterocycles. The molecule has 8 N–H and O–H groups in total. The average molecular weight is 636 g/mol. The Kier molecular flexibility index (Phi) is 8.25. The molecule has 43 heavy (non-hydrogen) atoms. The second-order valence-electron chi connectivity index (χ2n) is 8.87. The minimum absolute atomic E-state index is 0.112. The van der Waals surface area contributed by atoms with Gasteiger partial charge in [-0.3, -0.25) is 19.3 Å². The van der Waals surface area contributed by atoms with Crippen LogP contribution in [0.3, 0.4) is 0 Å². The molecule has 1 amide bonds. The molecule has 1 aliphatic heterocycles. The number of carbonyl (C=O) groups is 3. The Bertz CT molecular complexity index is 2070. The quantitative estimate of drug-likeness (QED) is 0.0559. The van der Waals surface area contributed by atoms with Crippen LogP contribution in [0.15, 0.2) is 56.7 Å². The van der Waals surface area contributed by atoms with Crippen LogP contribution in [-0.2, 0) is 29.8 Å². The maximum Gasteiger partial charge on any atom is 0.336 e. The molecular weight excluding hydrogens is 614 g/mol. The molecule has 0 spiro atoms. The first kappa shape index (κ1) is 31.1.